The van der Waals surface area contributed by atoms with Crippen LogP contribution in [0.25, 0.3) is 0 Å². The molecule has 0 saturated carbocycles. The zero-order valence-electron chi connectivity index (χ0n) is 8.67. The lowest BCUT2D eigenvalue weighted by molar-refractivity contribution is 0.474. The molecule has 0 aliphatic carbocycles. The number of phenolic OH excluding ortho intramolecular Hbond substituents is 1. The first-order valence-electron chi connectivity index (χ1n) is 4.94. The predicted octanol–water partition coefficient (Wildman–Crippen LogP) is 3.60. The van der Waals surface area contributed by atoms with E-state index in [1.54, 1.807) is 6.07 Å². The molecule has 0 spiro atoms. The van der Waals surface area contributed by atoms with Gasteiger partial charge in [-0.15, -0.1) is 0 Å². The molecule has 0 amide bonds. The van der Waals surface area contributed by atoms with Crippen molar-refractivity contribution in [3.05, 3.63) is 29.3 Å². The first-order valence-corrected chi connectivity index (χ1v) is 4.94. The highest BCUT2D eigenvalue weighted by Crippen LogP contribution is 2.26. The topological polar surface area (TPSA) is 20.2 Å². The lowest BCUT2D eigenvalue weighted by atomic mass is 9.93. The summed E-state index contributed by atoms with van der Waals surface area (Å²) >= 11 is 0. The molecular formula is C12H18O. The van der Waals surface area contributed by atoms with Crippen molar-refractivity contribution in [1.82, 2.24) is 0 Å². The Balaban J connectivity index is 2.88. The van der Waals surface area contributed by atoms with E-state index in [-0.39, 0.29) is 0 Å². The fraction of sp³-hybridized carbons (Fsp3) is 0.500. The van der Waals surface area contributed by atoms with Crippen LogP contribution < -0.4 is 0 Å². The van der Waals surface area contributed by atoms with E-state index < -0.39 is 0 Å². The van der Waals surface area contributed by atoms with E-state index >= 15 is 0 Å². The standard InChI is InChI=1S/C12H18O/c1-4-5-9(2)12-7-6-11(13)8-10(12)3/h6-9,13H,4-5H2,1-3H3. The molecule has 0 radical (unpaired) electrons. The molecule has 1 unspecified atom stereocenters. The molecule has 1 heteroatoms. The maximum absolute atomic E-state index is 9.25. The quantitative estimate of drug-likeness (QED) is 0.749. The maximum atomic E-state index is 9.25. The van der Waals surface area contributed by atoms with Crippen LogP contribution in [0.15, 0.2) is 18.2 Å². The van der Waals surface area contributed by atoms with Crippen molar-refractivity contribution in [3.8, 4) is 5.75 Å². The van der Waals surface area contributed by atoms with Gasteiger partial charge in [-0.2, -0.15) is 0 Å². The van der Waals surface area contributed by atoms with Gasteiger partial charge in [0, 0.05) is 0 Å². The van der Waals surface area contributed by atoms with Crippen molar-refractivity contribution in [1.29, 1.82) is 0 Å². The van der Waals surface area contributed by atoms with Crippen molar-refractivity contribution in [3.63, 3.8) is 0 Å². The summed E-state index contributed by atoms with van der Waals surface area (Å²) in [5, 5.41) is 9.25. The number of rotatable bonds is 3. The molecule has 1 nitrogen and oxygen atoms in total. The van der Waals surface area contributed by atoms with Gasteiger partial charge in [0.05, 0.1) is 0 Å². The van der Waals surface area contributed by atoms with Gasteiger partial charge in [-0.25, -0.2) is 0 Å². The van der Waals surface area contributed by atoms with Crippen LogP contribution in [0.2, 0.25) is 0 Å². The molecule has 13 heavy (non-hydrogen) atoms. The minimum Gasteiger partial charge on any atom is -0.508 e. The molecule has 0 aromatic heterocycles. The molecule has 1 N–H and O–H groups in total. The minimum absolute atomic E-state index is 0.366. The zero-order chi connectivity index (χ0) is 9.84. The largest absolute Gasteiger partial charge is 0.508 e. The van der Waals surface area contributed by atoms with Crippen LogP contribution in [0, 0.1) is 6.92 Å². The number of benzene rings is 1. The van der Waals surface area contributed by atoms with Gasteiger partial charge < -0.3 is 5.11 Å². The lowest BCUT2D eigenvalue weighted by Gasteiger charge is -2.13. The number of hydrogen-bond acceptors (Lipinski definition) is 1. The van der Waals surface area contributed by atoms with Crippen LogP contribution in [0.1, 0.15) is 43.7 Å². The number of phenols is 1. The third-order valence-electron chi connectivity index (χ3n) is 2.51. The van der Waals surface area contributed by atoms with E-state index in [1.807, 2.05) is 12.1 Å². The van der Waals surface area contributed by atoms with Crippen LogP contribution in [-0.2, 0) is 0 Å². The molecule has 1 aromatic carbocycles. The van der Waals surface area contributed by atoms with Crippen LogP contribution >= 0.6 is 0 Å². The van der Waals surface area contributed by atoms with E-state index in [0.717, 1.165) is 0 Å². The minimum atomic E-state index is 0.366. The zero-order valence-corrected chi connectivity index (χ0v) is 8.67. The number of hydrogen-bond donors (Lipinski definition) is 1. The van der Waals surface area contributed by atoms with Gasteiger partial charge in [-0.3, -0.25) is 0 Å². The summed E-state index contributed by atoms with van der Waals surface area (Å²) in [5.41, 5.74) is 2.56. The Kier molecular flexibility index (Phi) is 3.35. The molecule has 0 aliphatic heterocycles. The van der Waals surface area contributed by atoms with Gasteiger partial charge in [-0.1, -0.05) is 26.3 Å². The molecule has 0 saturated heterocycles. The SMILES string of the molecule is CCCC(C)c1ccc(O)cc1C. The van der Waals surface area contributed by atoms with Gasteiger partial charge in [0.1, 0.15) is 5.75 Å². The average Bonchev–Trinajstić information content (AvgIpc) is 2.04. The van der Waals surface area contributed by atoms with Crippen molar-refractivity contribution < 1.29 is 5.11 Å². The van der Waals surface area contributed by atoms with Crippen molar-refractivity contribution in [2.45, 2.75) is 39.5 Å². The first kappa shape index (κ1) is 10.1. The number of aryl methyl sites for hydroxylation is 1. The van der Waals surface area contributed by atoms with Crippen molar-refractivity contribution >= 4 is 0 Å². The summed E-state index contributed by atoms with van der Waals surface area (Å²) in [6, 6.07) is 5.64. The summed E-state index contributed by atoms with van der Waals surface area (Å²) in [5.74, 6) is 0.968. The molecule has 1 aromatic rings. The molecule has 0 aliphatic rings. The Bertz CT molecular complexity index is 278. The van der Waals surface area contributed by atoms with E-state index in [9.17, 15) is 5.11 Å². The summed E-state index contributed by atoms with van der Waals surface area (Å²) in [7, 11) is 0. The van der Waals surface area contributed by atoms with Gasteiger partial charge in [0.25, 0.3) is 0 Å². The fourth-order valence-corrected chi connectivity index (χ4v) is 1.80. The van der Waals surface area contributed by atoms with Gasteiger partial charge in [0.15, 0.2) is 0 Å². The van der Waals surface area contributed by atoms with E-state index in [0.29, 0.717) is 11.7 Å². The molecule has 0 heterocycles. The van der Waals surface area contributed by atoms with E-state index in [2.05, 4.69) is 20.8 Å². The highest BCUT2D eigenvalue weighted by molar-refractivity contribution is 5.35. The molecular weight excluding hydrogens is 160 g/mol. The van der Waals surface area contributed by atoms with Crippen molar-refractivity contribution in [2.75, 3.05) is 0 Å². The summed E-state index contributed by atoms with van der Waals surface area (Å²) in [6.07, 6.45) is 2.42. The van der Waals surface area contributed by atoms with Gasteiger partial charge >= 0.3 is 0 Å². The van der Waals surface area contributed by atoms with E-state index in [4.69, 9.17) is 0 Å². The average molecular weight is 178 g/mol. The third-order valence-corrected chi connectivity index (χ3v) is 2.51. The normalized spacial score (nSPS) is 12.8. The molecule has 1 atom stereocenters. The molecule has 72 valence electrons. The second-order valence-corrected chi connectivity index (χ2v) is 3.73. The van der Waals surface area contributed by atoms with Gasteiger partial charge in [-0.05, 0) is 42.5 Å². The fourth-order valence-electron chi connectivity index (χ4n) is 1.80. The van der Waals surface area contributed by atoms with Crippen molar-refractivity contribution in [2.24, 2.45) is 0 Å². The third kappa shape index (κ3) is 2.48. The number of aromatic hydroxyl groups is 1. The maximum Gasteiger partial charge on any atom is 0.115 e. The summed E-state index contributed by atoms with van der Waals surface area (Å²) in [4.78, 5) is 0. The first-order chi connectivity index (χ1) is 6.15. The predicted molar refractivity (Wildman–Crippen MR) is 56.2 cm³/mol. The summed E-state index contributed by atoms with van der Waals surface area (Å²) in [6.45, 7) is 6.50. The Morgan fingerprint density at radius 3 is 2.62 bits per heavy atom. The summed E-state index contributed by atoms with van der Waals surface area (Å²) < 4.78 is 0. The highest BCUT2D eigenvalue weighted by Gasteiger charge is 2.07. The van der Waals surface area contributed by atoms with Crippen LogP contribution in [0.5, 0.6) is 5.75 Å². The Labute approximate surface area is 80.4 Å². The molecule has 1 rings (SSSR count). The Morgan fingerprint density at radius 1 is 1.38 bits per heavy atom. The Hall–Kier alpha value is -0.980. The smallest absolute Gasteiger partial charge is 0.115 e. The second-order valence-electron chi connectivity index (χ2n) is 3.73. The Morgan fingerprint density at radius 2 is 2.08 bits per heavy atom. The second kappa shape index (κ2) is 4.31. The van der Waals surface area contributed by atoms with Gasteiger partial charge in [0.2, 0.25) is 0 Å². The van der Waals surface area contributed by atoms with Crippen LogP contribution in [-0.4, -0.2) is 5.11 Å². The monoisotopic (exact) mass is 178 g/mol. The van der Waals surface area contributed by atoms with E-state index in [1.165, 1.54) is 24.0 Å². The highest BCUT2D eigenvalue weighted by atomic mass is 16.3. The molecule has 0 bridgehead atoms. The van der Waals surface area contributed by atoms with Crippen LogP contribution in [0.3, 0.4) is 0 Å². The molecule has 0 fully saturated rings. The lowest BCUT2D eigenvalue weighted by Crippen LogP contribution is -1.95. The van der Waals surface area contributed by atoms with Crippen LogP contribution in [0.4, 0.5) is 0 Å².